The largest absolute Gasteiger partial charge is 0.278 e. The maximum atomic E-state index is 12.1. The van der Waals surface area contributed by atoms with Crippen molar-refractivity contribution in [3.8, 4) is 0 Å². The Morgan fingerprint density at radius 1 is 1.16 bits per heavy atom. The van der Waals surface area contributed by atoms with E-state index in [1.54, 1.807) is 12.1 Å². The summed E-state index contributed by atoms with van der Waals surface area (Å²) in [5.74, 6) is -0.147. The van der Waals surface area contributed by atoms with Crippen molar-refractivity contribution < 1.29 is 9.59 Å². The first-order valence-corrected chi connectivity index (χ1v) is 6.89. The smallest absolute Gasteiger partial charge is 0.230 e. The Kier molecular flexibility index (Phi) is 3.95. The molecule has 19 heavy (non-hydrogen) atoms. The van der Waals surface area contributed by atoms with Crippen LogP contribution in [0, 0.1) is 5.41 Å². The van der Waals surface area contributed by atoms with E-state index in [2.05, 4.69) is 0 Å². The van der Waals surface area contributed by atoms with Gasteiger partial charge in [-0.3, -0.25) is 14.5 Å². The number of carbonyl (C=O) groups is 2. The molecule has 0 radical (unpaired) electrons. The predicted octanol–water partition coefficient (Wildman–Crippen LogP) is 3.41. The van der Waals surface area contributed by atoms with Crippen molar-refractivity contribution in [1.82, 2.24) is 4.90 Å². The highest BCUT2D eigenvalue weighted by molar-refractivity contribution is 6.30. The van der Waals surface area contributed by atoms with Gasteiger partial charge < -0.3 is 0 Å². The Bertz CT molecular complexity index is 477. The molecule has 0 atom stereocenters. The molecule has 0 spiro atoms. The fraction of sp³-hybridized carbons (Fsp3) is 0.467. The molecule has 1 aliphatic heterocycles. The third-order valence-electron chi connectivity index (χ3n) is 3.87. The lowest BCUT2D eigenvalue weighted by Gasteiger charge is -2.36. The first-order chi connectivity index (χ1) is 8.93. The van der Waals surface area contributed by atoms with E-state index in [0.717, 1.165) is 12.0 Å². The second-order valence-electron chi connectivity index (χ2n) is 5.52. The van der Waals surface area contributed by atoms with Crippen molar-refractivity contribution in [2.24, 2.45) is 5.41 Å². The Labute approximate surface area is 118 Å². The zero-order chi connectivity index (χ0) is 14.0. The first-order valence-electron chi connectivity index (χ1n) is 6.51. The number of halogens is 1. The molecule has 0 N–H and O–H groups in total. The van der Waals surface area contributed by atoms with E-state index in [1.165, 1.54) is 4.90 Å². The Hall–Kier alpha value is -1.35. The molecule has 1 heterocycles. The van der Waals surface area contributed by atoms with Crippen LogP contribution in [-0.2, 0) is 16.1 Å². The highest BCUT2D eigenvalue weighted by Gasteiger charge is 2.39. The Morgan fingerprint density at radius 3 is 2.16 bits per heavy atom. The third kappa shape index (κ3) is 3.16. The van der Waals surface area contributed by atoms with Crippen molar-refractivity contribution in [1.29, 1.82) is 0 Å². The van der Waals surface area contributed by atoms with E-state index in [-0.39, 0.29) is 17.2 Å². The average Bonchev–Trinajstić information content (AvgIpc) is 2.36. The van der Waals surface area contributed by atoms with Crippen molar-refractivity contribution in [3.63, 3.8) is 0 Å². The molecular weight excluding hydrogens is 262 g/mol. The predicted molar refractivity (Wildman–Crippen MR) is 74.6 cm³/mol. The quantitative estimate of drug-likeness (QED) is 0.795. The van der Waals surface area contributed by atoms with E-state index >= 15 is 0 Å². The number of amides is 2. The molecule has 1 aromatic rings. The van der Waals surface area contributed by atoms with Crippen LogP contribution in [0.25, 0.3) is 0 Å². The standard InChI is InChI=1S/C15H18ClNO2/c1-3-15(2)8-13(18)17(14(19)9-15)10-11-4-6-12(16)7-5-11/h4-7H,3,8-10H2,1-2H3. The summed E-state index contributed by atoms with van der Waals surface area (Å²) in [5, 5.41) is 0.651. The number of hydrogen-bond donors (Lipinski definition) is 0. The molecule has 1 saturated heterocycles. The zero-order valence-corrected chi connectivity index (χ0v) is 12.0. The number of nitrogens with zero attached hydrogens (tertiary/aromatic N) is 1. The van der Waals surface area contributed by atoms with Gasteiger partial charge in [0, 0.05) is 17.9 Å². The summed E-state index contributed by atoms with van der Waals surface area (Å²) in [6.45, 7) is 4.37. The molecule has 102 valence electrons. The SMILES string of the molecule is CCC1(C)CC(=O)N(Cc2ccc(Cl)cc2)C(=O)C1. The molecule has 1 fully saturated rings. The molecule has 0 saturated carbocycles. The van der Waals surface area contributed by atoms with Gasteiger partial charge in [0.05, 0.1) is 6.54 Å². The number of piperidine rings is 1. The van der Waals surface area contributed by atoms with Gasteiger partial charge in [0.15, 0.2) is 0 Å². The van der Waals surface area contributed by atoms with Crippen LogP contribution in [0.1, 0.15) is 38.7 Å². The van der Waals surface area contributed by atoms with Gasteiger partial charge in [0.25, 0.3) is 0 Å². The second kappa shape index (κ2) is 5.33. The van der Waals surface area contributed by atoms with E-state index in [0.29, 0.717) is 24.4 Å². The van der Waals surface area contributed by atoms with Crippen molar-refractivity contribution in [2.75, 3.05) is 0 Å². The molecule has 2 amide bonds. The van der Waals surface area contributed by atoms with Gasteiger partial charge >= 0.3 is 0 Å². The third-order valence-corrected chi connectivity index (χ3v) is 4.12. The van der Waals surface area contributed by atoms with Gasteiger partial charge in [0.2, 0.25) is 11.8 Å². The van der Waals surface area contributed by atoms with Crippen LogP contribution in [0.3, 0.4) is 0 Å². The number of carbonyl (C=O) groups excluding carboxylic acids is 2. The van der Waals surface area contributed by atoms with Crippen LogP contribution in [0.2, 0.25) is 5.02 Å². The summed E-state index contributed by atoms with van der Waals surface area (Å²) in [6.07, 6.45) is 1.74. The molecule has 0 aliphatic carbocycles. The molecule has 4 heteroatoms. The maximum absolute atomic E-state index is 12.1. The van der Waals surface area contributed by atoms with Crippen LogP contribution in [0.15, 0.2) is 24.3 Å². The number of rotatable bonds is 3. The van der Waals surface area contributed by atoms with Crippen molar-refractivity contribution in [2.45, 2.75) is 39.7 Å². The maximum Gasteiger partial charge on any atom is 0.230 e. The highest BCUT2D eigenvalue weighted by Crippen LogP contribution is 2.35. The van der Waals surface area contributed by atoms with Gasteiger partial charge in [-0.05, 0) is 29.5 Å². The molecule has 0 aromatic heterocycles. The average molecular weight is 280 g/mol. The fourth-order valence-electron chi connectivity index (χ4n) is 2.32. The van der Waals surface area contributed by atoms with E-state index in [9.17, 15) is 9.59 Å². The van der Waals surface area contributed by atoms with E-state index < -0.39 is 0 Å². The van der Waals surface area contributed by atoms with Gasteiger partial charge in [-0.2, -0.15) is 0 Å². The molecule has 2 rings (SSSR count). The van der Waals surface area contributed by atoms with Gasteiger partial charge in [-0.1, -0.05) is 37.6 Å². The summed E-state index contributed by atoms with van der Waals surface area (Å²) < 4.78 is 0. The normalized spacial score (nSPS) is 18.8. The van der Waals surface area contributed by atoms with Gasteiger partial charge in [-0.25, -0.2) is 0 Å². The first kappa shape index (κ1) is 14.1. The molecule has 3 nitrogen and oxygen atoms in total. The molecular formula is C15H18ClNO2. The summed E-state index contributed by atoms with van der Waals surface area (Å²) in [4.78, 5) is 25.6. The fourth-order valence-corrected chi connectivity index (χ4v) is 2.45. The lowest BCUT2D eigenvalue weighted by Crippen LogP contribution is -2.46. The minimum atomic E-state index is -0.176. The summed E-state index contributed by atoms with van der Waals surface area (Å²) in [5.41, 5.74) is 0.746. The van der Waals surface area contributed by atoms with Crippen molar-refractivity contribution >= 4 is 23.4 Å². The molecule has 0 unspecified atom stereocenters. The molecule has 1 aromatic carbocycles. The number of imide groups is 1. The van der Waals surface area contributed by atoms with Crippen LogP contribution in [-0.4, -0.2) is 16.7 Å². The lowest BCUT2D eigenvalue weighted by molar-refractivity contribution is -0.153. The van der Waals surface area contributed by atoms with E-state index in [1.807, 2.05) is 26.0 Å². The van der Waals surface area contributed by atoms with Crippen LogP contribution in [0.4, 0.5) is 0 Å². The van der Waals surface area contributed by atoms with Crippen LogP contribution < -0.4 is 0 Å². The minimum absolute atomic E-state index is 0.0736. The number of likely N-dealkylation sites (tertiary alicyclic amines) is 1. The van der Waals surface area contributed by atoms with E-state index in [4.69, 9.17) is 11.6 Å². The Morgan fingerprint density at radius 2 is 1.68 bits per heavy atom. The second-order valence-corrected chi connectivity index (χ2v) is 5.95. The molecule has 1 aliphatic rings. The van der Waals surface area contributed by atoms with Crippen LogP contribution >= 0.6 is 11.6 Å². The van der Waals surface area contributed by atoms with Crippen molar-refractivity contribution in [3.05, 3.63) is 34.9 Å². The zero-order valence-electron chi connectivity index (χ0n) is 11.3. The van der Waals surface area contributed by atoms with Gasteiger partial charge in [-0.15, -0.1) is 0 Å². The lowest BCUT2D eigenvalue weighted by atomic mass is 9.77. The number of benzene rings is 1. The van der Waals surface area contributed by atoms with Gasteiger partial charge in [0.1, 0.15) is 0 Å². The van der Waals surface area contributed by atoms with Crippen LogP contribution in [0.5, 0.6) is 0 Å². The minimum Gasteiger partial charge on any atom is -0.278 e. The monoisotopic (exact) mass is 279 g/mol. The topological polar surface area (TPSA) is 37.4 Å². The number of hydrogen-bond acceptors (Lipinski definition) is 2. The summed E-state index contributed by atoms with van der Waals surface area (Å²) in [7, 11) is 0. The Balaban J connectivity index is 2.11. The highest BCUT2D eigenvalue weighted by atomic mass is 35.5. The molecule has 0 bridgehead atoms. The summed E-state index contributed by atoms with van der Waals surface area (Å²) >= 11 is 5.82. The summed E-state index contributed by atoms with van der Waals surface area (Å²) in [6, 6.07) is 7.23.